The van der Waals surface area contributed by atoms with Crippen LogP contribution in [0.2, 0.25) is 0 Å². The monoisotopic (exact) mass is 273 g/mol. The molecule has 0 unspecified atom stereocenters. The van der Waals surface area contributed by atoms with Gasteiger partial charge in [-0.15, -0.1) is 0 Å². The summed E-state index contributed by atoms with van der Waals surface area (Å²) in [5.41, 5.74) is 4.87. The number of hydrogen-bond donors (Lipinski definition) is 4. The molecular weight excluding hydrogens is 262 g/mol. The molecular formula is C8H11N5O4S. The number of anilines is 1. The maximum atomic E-state index is 11.4. The van der Waals surface area contributed by atoms with E-state index in [2.05, 4.69) is 20.0 Å². The minimum Gasteiger partial charge on any atom is -0.480 e. The lowest BCUT2D eigenvalue weighted by Gasteiger charge is -2.12. The highest BCUT2D eigenvalue weighted by atomic mass is 32.1. The summed E-state index contributed by atoms with van der Waals surface area (Å²) in [5.74, 6) is -1.69. The lowest BCUT2D eigenvalue weighted by molar-refractivity contribution is -0.140. The fourth-order valence-corrected chi connectivity index (χ4v) is 1.61. The van der Waals surface area contributed by atoms with Crippen LogP contribution in [-0.4, -0.2) is 38.4 Å². The van der Waals surface area contributed by atoms with Gasteiger partial charge >= 0.3 is 12.0 Å². The van der Waals surface area contributed by atoms with Crippen molar-refractivity contribution in [2.45, 2.75) is 19.4 Å². The van der Waals surface area contributed by atoms with Crippen molar-refractivity contribution in [3.05, 3.63) is 5.82 Å². The van der Waals surface area contributed by atoms with E-state index in [9.17, 15) is 14.4 Å². The van der Waals surface area contributed by atoms with Crippen LogP contribution in [0.15, 0.2) is 0 Å². The Kier molecular flexibility index (Phi) is 4.54. The van der Waals surface area contributed by atoms with Gasteiger partial charge in [0.15, 0.2) is 0 Å². The van der Waals surface area contributed by atoms with Crippen LogP contribution in [0.5, 0.6) is 0 Å². The summed E-state index contributed by atoms with van der Waals surface area (Å²) in [6, 6.07) is -2.17. The third kappa shape index (κ3) is 4.33. The molecule has 98 valence electrons. The molecule has 0 bridgehead atoms. The fraction of sp³-hybridized carbons (Fsp3) is 0.375. The number of nitrogens with zero attached hydrogens (tertiary/aromatic N) is 2. The number of nitrogens with one attached hydrogen (secondary N) is 2. The molecule has 0 aromatic carbocycles. The molecule has 1 aromatic rings. The fourth-order valence-electron chi connectivity index (χ4n) is 1.04. The van der Waals surface area contributed by atoms with Gasteiger partial charge in [-0.1, -0.05) is 0 Å². The summed E-state index contributed by atoms with van der Waals surface area (Å²) in [6.45, 7) is 1.65. The highest BCUT2D eigenvalue weighted by Gasteiger charge is 2.22. The Morgan fingerprint density at radius 3 is 2.61 bits per heavy atom. The average molecular weight is 273 g/mol. The molecule has 0 saturated carbocycles. The first kappa shape index (κ1) is 13.8. The van der Waals surface area contributed by atoms with Gasteiger partial charge in [0.05, 0.1) is 6.42 Å². The van der Waals surface area contributed by atoms with Crippen LogP contribution >= 0.6 is 11.5 Å². The number of carboxylic acid groups (broad SMARTS) is 1. The van der Waals surface area contributed by atoms with Gasteiger partial charge in [0.25, 0.3) is 0 Å². The van der Waals surface area contributed by atoms with Gasteiger partial charge in [0, 0.05) is 11.5 Å². The van der Waals surface area contributed by atoms with E-state index in [4.69, 9.17) is 10.8 Å². The lowest BCUT2D eigenvalue weighted by atomic mass is 10.2. The Balaban J connectivity index is 2.56. The predicted octanol–water partition coefficient (Wildman–Crippen LogP) is -0.703. The zero-order valence-corrected chi connectivity index (χ0v) is 10.2. The number of carboxylic acids is 1. The minimum atomic E-state index is -1.38. The second-order valence-electron chi connectivity index (χ2n) is 3.31. The lowest BCUT2D eigenvalue weighted by Crippen LogP contribution is -2.45. The number of amides is 3. The Hall–Kier alpha value is -2.23. The van der Waals surface area contributed by atoms with E-state index in [0.29, 0.717) is 5.82 Å². The number of urea groups is 1. The third-order valence-electron chi connectivity index (χ3n) is 1.76. The standard InChI is InChI=1S/C8H11N5O4S/c1-3-10-8(18-13-3)12-7(17)11-4(6(15)16)2-5(9)14/h4H,2H2,1H3,(H2,9,14)(H,15,16)(H2,10,11,12,13,17)/t4-/m0/s1. The van der Waals surface area contributed by atoms with Crippen molar-refractivity contribution in [1.82, 2.24) is 14.7 Å². The summed E-state index contributed by atoms with van der Waals surface area (Å²) >= 11 is 0.955. The smallest absolute Gasteiger partial charge is 0.326 e. The molecule has 0 radical (unpaired) electrons. The van der Waals surface area contributed by atoms with Crippen LogP contribution in [0.3, 0.4) is 0 Å². The number of hydrogen-bond acceptors (Lipinski definition) is 6. The highest BCUT2D eigenvalue weighted by molar-refractivity contribution is 7.09. The number of aryl methyl sites for hydroxylation is 1. The molecule has 10 heteroatoms. The Bertz CT molecular complexity index is 474. The maximum Gasteiger partial charge on any atom is 0.326 e. The van der Waals surface area contributed by atoms with Gasteiger partial charge in [-0.3, -0.25) is 10.1 Å². The Labute approximate surface area is 106 Å². The van der Waals surface area contributed by atoms with Crippen molar-refractivity contribution < 1.29 is 19.5 Å². The molecule has 18 heavy (non-hydrogen) atoms. The van der Waals surface area contributed by atoms with Crippen molar-refractivity contribution in [3.8, 4) is 0 Å². The second kappa shape index (κ2) is 5.91. The van der Waals surface area contributed by atoms with Crippen LogP contribution in [-0.2, 0) is 9.59 Å². The summed E-state index contributed by atoms with van der Waals surface area (Å²) < 4.78 is 3.83. The van der Waals surface area contributed by atoms with E-state index in [1.807, 2.05) is 0 Å². The summed E-state index contributed by atoms with van der Waals surface area (Å²) in [6.07, 6.45) is -0.488. The number of aliphatic carboxylic acids is 1. The zero-order valence-electron chi connectivity index (χ0n) is 9.34. The number of aromatic nitrogens is 2. The molecule has 0 aliphatic carbocycles. The number of nitrogens with two attached hydrogens (primary N) is 1. The van der Waals surface area contributed by atoms with Crippen molar-refractivity contribution in [2.75, 3.05) is 5.32 Å². The third-order valence-corrected chi connectivity index (χ3v) is 2.48. The van der Waals surface area contributed by atoms with E-state index >= 15 is 0 Å². The topological polar surface area (TPSA) is 147 Å². The average Bonchev–Trinajstić information content (AvgIpc) is 2.62. The molecule has 1 rings (SSSR count). The molecule has 1 atom stereocenters. The van der Waals surface area contributed by atoms with Gasteiger partial charge in [0.1, 0.15) is 11.9 Å². The van der Waals surface area contributed by atoms with Crippen LogP contribution < -0.4 is 16.4 Å². The number of rotatable bonds is 5. The van der Waals surface area contributed by atoms with E-state index in [0.717, 1.165) is 11.5 Å². The number of carbonyl (C=O) groups excluding carboxylic acids is 2. The first-order valence-electron chi connectivity index (χ1n) is 4.77. The van der Waals surface area contributed by atoms with Crippen LogP contribution in [0.25, 0.3) is 0 Å². The van der Waals surface area contributed by atoms with Crippen molar-refractivity contribution in [2.24, 2.45) is 5.73 Å². The van der Waals surface area contributed by atoms with Crippen molar-refractivity contribution in [3.63, 3.8) is 0 Å². The highest BCUT2D eigenvalue weighted by Crippen LogP contribution is 2.09. The summed E-state index contributed by atoms with van der Waals surface area (Å²) in [4.78, 5) is 36.7. The molecule has 3 amide bonds. The number of primary amides is 1. The number of carbonyl (C=O) groups is 3. The normalized spacial score (nSPS) is 11.6. The van der Waals surface area contributed by atoms with Crippen LogP contribution in [0.1, 0.15) is 12.2 Å². The van der Waals surface area contributed by atoms with Gasteiger partial charge in [-0.05, 0) is 6.92 Å². The van der Waals surface area contributed by atoms with E-state index in [1.165, 1.54) is 0 Å². The Morgan fingerprint density at radius 2 is 2.17 bits per heavy atom. The van der Waals surface area contributed by atoms with E-state index in [-0.39, 0.29) is 5.13 Å². The molecule has 0 aliphatic heterocycles. The van der Waals surface area contributed by atoms with Gasteiger partial charge in [-0.2, -0.15) is 4.37 Å². The van der Waals surface area contributed by atoms with Gasteiger partial charge in [-0.25, -0.2) is 14.6 Å². The van der Waals surface area contributed by atoms with Crippen LogP contribution in [0.4, 0.5) is 9.93 Å². The van der Waals surface area contributed by atoms with Crippen molar-refractivity contribution in [1.29, 1.82) is 0 Å². The molecule has 9 nitrogen and oxygen atoms in total. The van der Waals surface area contributed by atoms with Crippen LogP contribution in [0, 0.1) is 6.92 Å². The molecule has 0 saturated heterocycles. The second-order valence-corrected chi connectivity index (χ2v) is 4.06. The van der Waals surface area contributed by atoms with Crippen molar-refractivity contribution >= 4 is 34.6 Å². The first-order chi connectivity index (χ1) is 8.38. The van der Waals surface area contributed by atoms with E-state index < -0.39 is 30.4 Å². The first-order valence-corrected chi connectivity index (χ1v) is 5.54. The molecule has 1 heterocycles. The maximum absolute atomic E-state index is 11.4. The summed E-state index contributed by atoms with van der Waals surface area (Å²) in [7, 11) is 0. The zero-order chi connectivity index (χ0) is 13.7. The molecule has 0 aliphatic rings. The summed E-state index contributed by atoms with van der Waals surface area (Å²) in [5, 5.41) is 13.4. The van der Waals surface area contributed by atoms with E-state index in [1.54, 1.807) is 6.92 Å². The Morgan fingerprint density at radius 1 is 1.50 bits per heavy atom. The molecule has 5 N–H and O–H groups in total. The molecule has 0 fully saturated rings. The van der Waals surface area contributed by atoms with Gasteiger partial charge in [0.2, 0.25) is 11.0 Å². The minimum absolute atomic E-state index is 0.230. The van der Waals surface area contributed by atoms with Gasteiger partial charge < -0.3 is 16.2 Å². The quantitative estimate of drug-likeness (QED) is 0.557. The largest absolute Gasteiger partial charge is 0.480 e. The molecule has 0 spiro atoms. The predicted molar refractivity (Wildman–Crippen MR) is 62.0 cm³/mol. The SMILES string of the molecule is Cc1nsc(NC(=O)N[C@@H](CC(N)=O)C(=O)O)n1. The molecule has 1 aromatic heterocycles.